The normalized spacial score (nSPS) is 11.9. The van der Waals surface area contributed by atoms with Gasteiger partial charge in [-0.1, -0.05) is 18.2 Å². The second-order valence-electron chi connectivity index (χ2n) is 7.49. The number of fused-ring (bicyclic) bond motifs is 1. The number of carbonyl (C=O) groups is 1. The fourth-order valence-corrected chi connectivity index (χ4v) is 5.61. The molecule has 0 bridgehead atoms. The van der Waals surface area contributed by atoms with E-state index in [9.17, 15) is 14.5 Å². The summed E-state index contributed by atoms with van der Waals surface area (Å²) in [7, 11) is 3.33. The Balaban J connectivity index is 2.14. The molecular weight excluding hydrogens is 524 g/mol. The topological polar surface area (TPSA) is 146 Å². The number of carbonyl (C=O) groups excluding carboxylic acids is 1. The number of para-hydroxylation sites is 1. The maximum atomic E-state index is 13.2. The van der Waals surface area contributed by atoms with Crippen LogP contribution in [0, 0.1) is 5.41 Å². The van der Waals surface area contributed by atoms with Crippen molar-refractivity contribution in [1.29, 1.82) is 5.41 Å². The van der Waals surface area contributed by atoms with E-state index in [0.29, 0.717) is 32.4 Å². The molecule has 0 aliphatic rings. The average molecular weight is 551 g/mol. The number of aryl methyl sites for hydroxylation is 1. The van der Waals surface area contributed by atoms with Crippen LogP contribution in [0.5, 0.6) is 11.5 Å². The number of nitrogens with zero attached hydrogens (tertiary/aromatic N) is 1. The lowest BCUT2D eigenvalue weighted by molar-refractivity contribution is 0.0527. The van der Waals surface area contributed by atoms with Crippen LogP contribution in [0.15, 0.2) is 34.8 Å². The van der Waals surface area contributed by atoms with Gasteiger partial charge in [-0.3, -0.25) is 5.41 Å². The number of hydrogen-bond acceptors (Lipinski definition) is 6. The van der Waals surface area contributed by atoms with Crippen molar-refractivity contribution < 1.29 is 23.9 Å². The first kappa shape index (κ1) is 25.7. The predicted octanol–water partition coefficient (Wildman–Crippen LogP) is 3.26. The third-order valence-electron chi connectivity index (χ3n) is 5.38. The molecule has 2 aromatic carbocycles. The molecule has 11 heteroatoms. The monoisotopic (exact) mass is 550 g/mol. The summed E-state index contributed by atoms with van der Waals surface area (Å²) in [6.45, 7) is 1.87. The van der Waals surface area contributed by atoms with E-state index in [0.717, 1.165) is 5.56 Å². The molecule has 1 atom stereocenters. The molecule has 0 fully saturated rings. The van der Waals surface area contributed by atoms with Crippen molar-refractivity contribution in [2.75, 3.05) is 13.7 Å². The Bertz CT molecular complexity index is 1230. The highest BCUT2D eigenvalue weighted by atomic mass is 79.9. The van der Waals surface area contributed by atoms with E-state index in [2.05, 4.69) is 21.2 Å². The largest absolute Gasteiger partial charge is 0.616 e. The molecule has 0 spiro atoms. The molecule has 0 saturated carbocycles. The first-order valence-electron chi connectivity index (χ1n) is 10.4. The Morgan fingerprint density at radius 1 is 1.35 bits per heavy atom. The Hall–Kier alpha value is -2.89. The number of hydrogen-bond donors (Lipinski definition) is 4. The molecule has 0 saturated heterocycles. The van der Waals surface area contributed by atoms with Crippen molar-refractivity contribution in [2.45, 2.75) is 25.0 Å². The third kappa shape index (κ3) is 5.26. The van der Waals surface area contributed by atoms with Crippen LogP contribution < -0.4 is 15.8 Å². The van der Waals surface area contributed by atoms with Gasteiger partial charge in [0.05, 0.1) is 35.0 Å². The van der Waals surface area contributed by atoms with Gasteiger partial charge in [-0.25, -0.2) is 4.79 Å². The van der Waals surface area contributed by atoms with E-state index in [-0.39, 0.29) is 41.9 Å². The number of nitrogens with two attached hydrogens (primary N) is 1. The van der Waals surface area contributed by atoms with Crippen molar-refractivity contribution in [2.24, 2.45) is 12.8 Å². The van der Waals surface area contributed by atoms with E-state index in [1.165, 1.54) is 0 Å². The van der Waals surface area contributed by atoms with E-state index in [1.807, 2.05) is 24.3 Å². The average Bonchev–Trinajstić information content (AvgIpc) is 3.05. The highest BCUT2D eigenvalue weighted by Gasteiger charge is 2.29. The number of halogens is 1. The van der Waals surface area contributed by atoms with Crippen LogP contribution in [0.3, 0.4) is 0 Å². The Morgan fingerprint density at radius 3 is 2.71 bits per heavy atom. The van der Waals surface area contributed by atoms with Crippen LogP contribution in [0.2, 0.25) is 0 Å². The lowest BCUT2D eigenvalue weighted by Gasteiger charge is -2.15. The van der Waals surface area contributed by atoms with Gasteiger partial charge in [0, 0.05) is 30.1 Å². The summed E-state index contributed by atoms with van der Waals surface area (Å²) in [5.74, 6) is 0.0168. The lowest BCUT2D eigenvalue weighted by atomic mass is 10.0. The van der Waals surface area contributed by atoms with Gasteiger partial charge in [-0.2, -0.15) is 0 Å². The Morgan fingerprint density at radius 2 is 2.06 bits per heavy atom. The Kier molecular flexibility index (Phi) is 8.34. The summed E-state index contributed by atoms with van der Waals surface area (Å²) in [5.41, 5.74) is 8.01. The van der Waals surface area contributed by atoms with Gasteiger partial charge in [-0.15, -0.1) is 0 Å². The van der Waals surface area contributed by atoms with Crippen LogP contribution in [0.4, 0.5) is 0 Å². The molecule has 3 aromatic rings. The smallest absolute Gasteiger partial charge is 0.340 e. The van der Waals surface area contributed by atoms with Gasteiger partial charge in [-0.05, 0) is 46.2 Å². The number of phenolic OH excluding ortho intramolecular Hbond substituents is 1. The third-order valence-corrected chi connectivity index (χ3v) is 7.21. The number of nitrogens with one attached hydrogen (secondary N) is 2. The first-order valence-corrected chi connectivity index (χ1v) is 12.7. The number of aromatic hydroxyl groups is 1. The summed E-state index contributed by atoms with van der Waals surface area (Å²) in [6, 6.07) is 9.05. The molecule has 0 amide bonds. The molecular formula is C23H27BrN4O5S. The second kappa shape index (κ2) is 11.0. The predicted molar refractivity (Wildman–Crippen MR) is 136 cm³/mol. The highest BCUT2D eigenvalue weighted by Crippen LogP contribution is 2.40. The van der Waals surface area contributed by atoms with Gasteiger partial charge in [0.2, 0.25) is 0 Å². The molecule has 3 rings (SSSR count). The van der Waals surface area contributed by atoms with Crippen molar-refractivity contribution in [1.82, 2.24) is 9.88 Å². The number of ether oxygens (including phenoxy) is 2. The summed E-state index contributed by atoms with van der Waals surface area (Å²) in [5, 5.41) is 21.4. The molecule has 1 heterocycles. The quantitative estimate of drug-likeness (QED) is 0.138. The minimum absolute atomic E-state index is 0.0112. The molecule has 182 valence electrons. The number of rotatable bonds is 9. The summed E-state index contributed by atoms with van der Waals surface area (Å²) in [4.78, 5) is 13.1. The van der Waals surface area contributed by atoms with Crippen LogP contribution in [0.25, 0.3) is 10.9 Å². The van der Waals surface area contributed by atoms with E-state index < -0.39 is 17.1 Å². The minimum atomic E-state index is -1.38. The fourth-order valence-electron chi connectivity index (χ4n) is 3.83. The van der Waals surface area contributed by atoms with Crippen LogP contribution in [-0.2, 0) is 41.0 Å². The Labute approximate surface area is 209 Å². The maximum absolute atomic E-state index is 13.2. The maximum Gasteiger partial charge on any atom is 0.340 e. The van der Waals surface area contributed by atoms with E-state index in [1.54, 1.807) is 31.7 Å². The number of guanidine groups is 1. The van der Waals surface area contributed by atoms with Crippen molar-refractivity contribution in [3.05, 3.63) is 57.2 Å². The van der Waals surface area contributed by atoms with E-state index in [4.69, 9.17) is 20.6 Å². The first-order chi connectivity index (χ1) is 16.2. The van der Waals surface area contributed by atoms with Gasteiger partial charge in [0.1, 0.15) is 23.0 Å². The second-order valence-corrected chi connectivity index (χ2v) is 9.80. The zero-order chi connectivity index (χ0) is 25.0. The molecule has 1 unspecified atom stereocenters. The molecule has 0 aliphatic heterocycles. The van der Waals surface area contributed by atoms with Gasteiger partial charge in [0.25, 0.3) is 0 Å². The molecule has 5 N–H and O–H groups in total. The number of aromatic nitrogens is 1. The summed E-state index contributed by atoms with van der Waals surface area (Å²) in [6.07, 6.45) is 0. The van der Waals surface area contributed by atoms with Crippen LogP contribution in [-0.4, -0.2) is 39.9 Å². The van der Waals surface area contributed by atoms with Gasteiger partial charge in [0.15, 0.2) is 5.96 Å². The number of phenols is 1. The minimum Gasteiger partial charge on any atom is -0.616 e. The molecule has 0 radical (unpaired) electrons. The number of methoxy groups -OCH3 is 1. The number of benzene rings is 2. The van der Waals surface area contributed by atoms with Crippen LogP contribution in [0.1, 0.15) is 34.1 Å². The molecule has 9 nitrogen and oxygen atoms in total. The molecule has 1 aromatic heterocycles. The zero-order valence-corrected chi connectivity index (χ0v) is 21.5. The molecule has 34 heavy (non-hydrogen) atoms. The van der Waals surface area contributed by atoms with E-state index >= 15 is 0 Å². The highest BCUT2D eigenvalue weighted by molar-refractivity contribution is 9.10. The van der Waals surface area contributed by atoms with Crippen molar-refractivity contribution in [3.8, 4) is 11.5 Å². The van der Waals surface area contributed by atoms with Gasteiger partial charge < -0.3 is 34.8 Å². The summed E-state index contributed by atoms with van der Waals surface area (Å²) < 4.78 is 26.1. The number of esters is 1. The fraction of sp³-hybridized carbons (Fsp3) is 0.304. The molecule has 0 aliphatic carbocycles. The van der Waals surface area contributed by atoms with Crippen molar-refractivity contribution >= 4 is 49.9 Å². The van der Waals surface area contributed by atoms with Crippen molar-refractivity contribution in [3.63, 3.8) is 0 Å². The SMILES string of the molecule is CCOC(=O)c1c(C[S+]([O-])Cc2ccccc2OC)n(C)c2cc(Br)c(O)c(CNC(=N)N)c12. The zero-order valence-electron chi connectivity index (χ0n) is 19.1. The summed E-state index contributed by atoms with van der Waals surface area (Å²) >= 11 is 1.97. The van der Waals surface area contributed by atoms with Gasteiger partial charge >= 0.3 is 5.97 Å². The van der Waals surface area contributed by atoms with Crippen LogP contribution >= 0.6 is 15.9 Å². The standard InChI is InChI=1S/C23H27BrN4O5S/c1-4-33-22(30)20-17(12-34(31)11-13-7-5-6-8-18(13)32-3)28(2)16-9-15(24)21(29)14(19(16)20)10-27-23(25)26/h5-9,29H,4,10-12H2,1-3H3,(H4,25,26,27). The lowest BCUT2D eigenvalue weighted by Crippen LogP contribution is -2.29.